The number of rotatable bonds is 3. The van der Waals surface area contributed by atoms with Gasteiger partial charge in [0, 0.05) is 0 Å². The van der Waals surface area contributed by atoms with Gasteiger partial charge in [0.1, 0.15) is 0 Å². The van der Waals surface area contributed by atoms with Crippen molar-refractivity contribution in [2.24, 2.45) is 0 Å². The van der Waals surface area contributed by atoms with Crippen molar-refractivity contribution in [3.05, 3.63) is 0 Å². The first-order valence-electron chi connectivity index (χ1n) is 7.16. The molecule has 0 aliphatic heterocycles. The van der Waals surface area contributed by atoms with E-state index in [4.69, 9.17) is 9.84 Å². The first-order chi connectivity index (χ1) is 7.93. The van der Waals surface area contributed by atoms with E-state index >= 15 is 0 Å². The van der Waals surface area contributed by atoms with Crippen LogP contribution in [0.4, 0.5) is 0 Å². The molecular formula is C14H28O2. The van der Waals surface area contributed by atoms with Gasteiger partial charge in [0.05, 0.1) is 19.3 Å². The molecule has 0 aromatic carbocycles. The zero-order valence-corrected chi connectivity index (χ0v) is 10.6. The molecule has 0 heterocycles. The molecule has 0 amide bonds. The molecule has 0 atom stereocenters. The van der Waals surface area contributed by atoms with Gasteiger partial charge in [-0.2, -0.15) is 0 Å². The van der Waals surface area contributed by atoms with Crippen molar-refractivity contribution < 1.29 is 9.84 Å². The second-order valence-corrected chi connectivity index (χ2v) is 4.98. The van der Waals surface area contributed by atoms with E-state index in [1.165, 1.54) is 70.6 Å². The fraction of sp³-hybridized carbons (Fsp3) is 1.00. The molecule has 0 saturated heterocycles. The molecule has 0 spiro atoms. The topological polar surface area (TPSA) is 29.5 Å². The second kappa shape index (κ2) is 10.1. The molecule has 2 heteroatoms. The molecule has 1 rings (SSSR count). The minimum atomic E-state index is 0.163. The normalized spacial score (nSPS) is 22.3. The molecule has 0 aromatic heterocycles. The molecule has 1 aliphatic rings. The smallest absolute Gasteiger partial charge is 0.0701 e. The maximum atomic E-state index is 8.78. The number of aliphatic hydroxyl groups is 1. The Kier molecular flexibility index (Phi) is 8.83. The van der Waals surface area contributed by atoms with E-state index in [0.717, 1.165) is 0 Å². The molecule has 1 fully saturated rings. The summed E-state index contributed by atoms with van der Waals surface area (Å²) >= 11 is 0. The first-order valence-corrected chi connectivity index (χ1v) is 7.16. The van der Waals surface area contributed by atoms with E-state index in [2.05, 4.69) is 0 Å². The highest BCUT2D eigenvalue weighted by Gasteiger charge is 2.09. The summed E-state index contributed by atoms with van der Waals surface area (Å²) in [5.41, 5.74) is 0. The second-order valence-electron chi connectivity index (χ2n) is 4.98. The van der Waals surface area contributed by atoms with Crippen LogP contribution in [0, 0.1) is 0 Å². The van der Waals surface area contributed by atoms with E-state index in [1.807, 2.05) is 0 Å². The van der Waals surface area contributed by atoms with Crippen molar-refractivity contribution in [1.82, 2.24) is 0 Å². The van der Waals surface area contributed by atoms with Gasteiger partial charge in [0.25, 0.3) is 0 Å². The molecule has 1 saturated carbocycles. The van der Waals surface area contributed by atoms with Crippen LogP contribution in [0.15, 0.2) is 0 Å². The van der Waals surface area contributed by atoms with E-state index in [0.29, 0.717) is 12.7 Å². The number of hydrogen-bond acceptors (Lipinski definition) is 2. The van der Waals surface area contributed by atoms with Crippen LogP contribution in [0.3, 0.4) is 0 Å². The van der Waals surface area contributed by atoms with Crippen LogP contribution in [-0.4, -0.2) is 24.4 Å². The summed E-state index contributed by atoms with van der Waals surface area (Å²) in [4.78, 5) is 0. The van der Waals surface area contributed by atoms with Crippen LogP contribution in [0.2, 0.25) is 0 Å². The van der Waals surface area contributed by atoms with Crippen molar-refractivity contribution in [2.45, 2.75) is 76.7 Å². The van der Waals surface area contributed by atoms with Crippen LogP contribution in [-0.2, 0) is 4.74 Å². The monoisotopic (exact) mass is 228 g/mol. The lowest BCUT2D eigenvalue weighted by Gasteiger charge is -2.18. The quantitative estimate of drug-likeness (QED) is 0.798. The number of ether oxygens (including phenoxy) is 1. The molecule has 96 valence electrons. The highest BCUT2D eigenvalue weighted by atomic mass is 16.5. The first kappa shape index (κ1) is 14.0. The third kappa shape index (κ3) is 7.24. The standard InChI is InChI=1S/C14H28O2/c15-12-13-16-14-10-8-6-4-2-1-3-5-7-9-11-14/h14-15H,1-13H2. The third-order valence-corrected chi connectivity index (χ3v) is 3.50. The van der Waals surface area contributed by atoms with Gasteiger partial charge in [0.15, 0.2) is 0 Å². The van der Waals surface area contributed by atoms with Gasteiger partial charge in [-0.15, -0.1) is 0 Å². The third-order valence-electron chi connectivity index (χ3n) is 3.50. The molecule has 1 N–H and O–H groups in total. The van der Waals surface area contributed by atoms with Crippen molar-refractivity contribution in [2.75, 3.05) is 13.2 Å². The summed E-state index contributed by atoms with van der Waals surface area (Å²) in [5.74, 6) is 0. The van der Waals surface area contributed by atoms with Crippen molar-refractivity contribution in [3.8, 4) is 0 Å². The highest BCUT2D eigenvalue weighted by Crippen LogP contribution is 2.18. The van der Waals surface area contributed by atoms with Crippen LogP contribution < -0.4 is 0 Å². The molecule has 0 bridgehead atoms. The summed E-state index contributed by atoms with van der Waals surface area (Å²) in [5, 5.41) is 8.78. The van der Waals surface area contributed by atoms with Gasteiger partial charge in [-0.05, 0) is 12.8 Å². The van der Waals surface area contributed by atoms with Crippen molar-refractivity contribution in [3.63, 3.8) is 0 Å². The fourth-order valence-corrected chi connectivity index (χ4v) is 2.51. The SMILES string of the molecule is OCCOC1CCCCCCCCCCC1. The average molecular weight is 228 g/mol. The predicted octanol–water partition coefficient (Wildman–Crippen LogP) is 3.67. The summed E-state index contributed by atoms with van der Waals surface area (Å²) < 4.78 is 5.69. The van der Waals surface area contributed by atoms with E-state index in [9.17, 15) is 0 Å². The summed E-state index contributed by atoms with van der Waals surface area (Å²) in [6, 6.07) is 0. The molecular weight excluding hydrogens is 200 g/mol. The van der Waals surface area contributed by atoms with Crippen molar-refractivity contribution >= 4 is 0 Å². The van der Waals surface area contributed by atoms with Crippen LogP contribution >= 0.6 is 0 Å². The number of hydrogen-bond donors (Lipinski definition) is 1. The Hall–Kier alpha value is -0.0800. The fourth-order valence-electron chi connectivity index (χ4n) is 2.51. The molecule has 2 nitrogen and oxygen atoms in total. The largest absolute Gasteiger partial charge is 0.394 e. The maximum absolute atomic E-state index is 8.78. The number of aliphatic hydroxyl groups excluding tert-OH is 1. The van der Waals surface area contributed by atoms with Crippen LogP contribution in [0.1, 0.15) is 70.6 Å². The maximum Gasteiger partial charge on any atom is 0.0701 e. The molecule has 1 aliphatic carbocycles. The average Bonchev–Trinajstić information content (AvgIpc) is 2.28. The molecule has 0 radical (unpaired) electrons. The van der Waals surface area contributed by atoms with Gasteiger partial charge in [-0.1, -0.05) is 57.8 Å². The lowest BCUT2D eigenvalue weighted by molar-refractivity contribution is 0.0166. The lowest BCUT2D eigenvalue weighted by Crippen LogP contribution is -2.15. The van der Waals surface area contributed by atoms with Crippen molar-refractivity contribution in [1.29, 1.82) is 0 Å². The lowest BCUT2D eigenvalue weighted by atomic mass is 9.99. The highest BCUT2D eigenvalue weighted by molar-refractivity contribution is 4.61. The minimum absolute atomic E-state index is 0.163. The summed E-state index contributed by atoms with van der Waals surface area (Å²) in [6.45, 7) is 0.682. The molecule has 16 heavy (non-hydrogen) atoms. The van der Waals surface area contributed by atoms with Crippen LogP contribution in [0.25, 0.3) is 0 Å². The van der Waals surface area contributed by atoms with E-state index in [-0.39, 0.29) is 6.61 Å². The Bertz CT molecular complexity index is 136. The van der Waals surface area contributed by atoms with E-state index in [1.54, 1.807) is 0 Å². The minimum Gasteiger partial charge on any atom is -0.394 e. The summed E-state index contributed by atoms with van der Waals surface area (Å²) in [7, 11) is 0. The predicted molar refractivity (Wildman–Crippen MR) is 67.6 cm³/mol. The van der Waals surface area contributed by atoms with Gasteiger partial charge < -0.3 is 9.84 Å². The molecule has 0 aromatic rings. The Morgan fingerprint density at radius 2 is 1.19 bits per heavy atom. The Labute approximate surface area is 100 Å². The van der Waals surface area contributed by atoms with Gasteiger partial charge in [0.2, 0.25) is 0 Å². The zero-order valence-electron chi connectivity index (χ0n) is 10.6. The van der Waals surface area contributed by atoms with Gasteiger partial charge in [-0.3, -0.25) is 0 Å². The summed E-state index contributed by atoms with van der Waals surface area (Å²) in [6.07, 6.45) is 15.2. The Balaban J connectivity index is 2.19. The van der Waals surface area contributed by atoms with E-state index < -0.39 is 0 Å². The van der Waals surface area contributed by atoms with Gasteiger partial charge >= 0.3 is 0 Å². The Morgan fingerprint density at radius 1 is 0.750 bits per heavy atom. The van der Waals surface area contributed by atoms with Crippen LogP contribution in [0.5, 0.6) is 0 Å². The zero-order chi connectivity index (χ0) is 11.5. The van der Waals surface area contributed by atoms with Gasteiger partial charge in [-0.25, -0.2) is 0 Å². The molecule has 0 unspecified atom stereocenters. The Morgan fingerprint density at radius 3 is 1.62 bits per heavy atom.